The molecule has 0 unspecified atom stereocenters. The van der Waals surface area contributed by atoms with Crippen molar-refractivity contribution in [2.75, 3.05) is 19.6 Å². The van der Waals surface area contributed by atoms with Crippen LogP contribution < -0.4 is 10.5 Å². The van der Waals surface area contributed by atoms with Gasteiger partial charge in [-0.1, -0.05) is 0 Å². The molecule has 134 valence electrons. The van der Waals surface area contributed by atoms with Gasteiger partial charge in [-0.2, -0.15) is 0 Å². The van der Waals surface area contributed by atoms with Gasteiger partial charge in [-0.25, -0.2) is 18.4 Å². The number of hydrogen-bond donors (Lipinski definition) is 2. The average Bonchev–Trinajstić information content (AvgIpc) is 2.92. The average molecular weight is 366 g/mol. The van der Waals surface area contributed by atoms with Gasteiger partial charge in [0.1, 0.15) is 0 Å². The summed E-state index contributed by atoms with van der Waals surface area (Å²) in [6, 6.07) is 4.85. The van der Waals surface area contributed by atoms with Crippen molar-refractivity contribution in [1.29, 1.82) is 0 Å². The number of sulfonamides is 1. The molecule has 0 aromatic heterocycles. The Balaban J connectivity index is 1.64. The van der Waals surface area contributed by atoms with Crippen LogP contribution in [0, 0.1) is 0 Å². The number of urea groups is 1. The highest BCUT2D eigenvalue weighted by atomic mass is 32.2. The molecular formula is C15H18N4O5S. The second-order valence-corrected chi connectivity index (χ2v) is 7.58. The van der Waals surface area contributed by atoms with Crippen molar-refractivity contribution in [3.8, 4) is 0 Å². The van der Waals surface area contributed by atoms with Gasteiger partial charge < -0.3 is 10.2 Å². The zero-order valence-electron chi connectivity index (χ0n) is 13.3. The van der Waals surface area contributed by atoms with Gasteiger partial charge in [0.2, 0.25) is 15.9 Å². The molecule has 0 atom stereocenters. The Morgan fingerprint density at radius 3 is 2.20 bits per heavy atom. The number of piperidine rings is 1. The van der Waals surface area contributed by atoms with Gasteiger partial charge >= 0.3 is 6.03 Å². The van der Waals surface area contributed by atoms with Crippen LogP contribution in [0.1, 0.15) is 23.2 Å². The predicted octanol–water partition coefficient (Wildman–Crippen LogP) is -0.510. The van der Waals surface area contributed by atoms with E-state index < -0.39 is 10.0 Å². The first-order valence-corrected chi connectivity index (χ1v) is 9.34. The molecule has 2 heterocycles. The van der Waals surface area contributed by atoms with Crippen LogP contribution in [0.4, 0.5) is 4.79 Å². The fourth-order valence-corrected chi connectivity index (χ4v) is 3.62. The van der Waals surface area contributed by atoms with E-state index in [-0.39, 0.29) is 35.3 Å². The number of nitrogens with one attached hydrogen (secondary N) is 1. The van der Waals surface area contributed by atoms with E-state index in [1.54, 1.807) is 4.90 Å². The lowest BCUT2D eigenvalue weighted by Gasteiger charge is -2.35. The number of nitrogens with two attached hydrogens (primary N) is 1. The molecule has 4 amide bonds. The van der Waals surface area contributed by atoms with Crippen LogP contribution in [0.2, 0.25) is 0 Å². The van der Waals surface area contributed by atoms with E-state index in [2.05, 4.69) is 5.32 Å². The molecule has 25 heavy (non-hydrogen) atoms. The maximum absolute atomic E-state index is 12.5. The minimum absolute atomic E-state index is 0.0222. The van der Waals surface area contributed by atoms with E-state index in [0.29, 0.717) is 31.5 Å². The Bertz CT molecular complexity index is 797. The van der Waals surface area contributed by atoms with E-state index >= 15 is 0 Å². The molecular weight excluding hydrogens is 348 g/mol. The van der Waals surface area contributed by atoms with Gasteiger partial charge in [-0.15, -0.1) is 0 Å². The second-order valence-electron chi connectivity index (χ2n) is 6.02. The molecule has 0 bridgehead atoms. The van der Waals surface area contributed by atoms with Gasteiger partial charge in [-0.05, 0) is 37.1 Å². The summed E-state index contributed by atoms with van der Waals surface area (Å²) in [7, 11) is -3.80. The molecule has 2 aliphatic rings. The van der Waals surface area contributed by atoms with Gasteiger partial charge in [-0.3, -0.25) is 14.5 Å². The smallest absolute Gasteiger partial charge is 0.324 e. The topological polar surface area (TPSA) is 130 Å². The lowest BCUT2D eigenvalue weighted by molar-refractivity contribution is -0.127. The monoisotopic (exact) mass is 366 g/mol. The molecule has 2 saturated heterocycles. The Kier molecular flexibility index (Phi) is 4.48. The van der Waals surface area contributed by atoms with Crippen LogP contribution in [0.15, 0.2) is 29.2 Å². The first-order chi connectivity index (χ1) is 11.8. The van der Waals surface area contributed by atoms with E-state index in [9.17, 15) is 22.8 Å². The van der Waals surface area contributed by atoms with Crippen LogP contribution in [0.3, 0.4) is 0 Å². The molecule has 1 aromatic rings. The van der Waals surface area contributed by atoms with Crippen LogP contribution in [-0.4, -0.2) is 61.7 Å². The Morgan fingerprint density at radius 1 is 1.12 bits per heavy atom. The predicted molar refractivity (Wildman–Crippen MR) is 87.0 cm³/mol. The van der Waals surface area contributed by atoms with Crippen LogP contribution in [0.25, 0.3) is 0 Å². The Hall–Kier alpha value is -2.46. The number of rotatable bonds is 3. The molecule has 2 aliphatic heterocycles. The summed E-state index contributed by atoms with van der Waals surface area (Å²) in [5.41, 5.74) is 0.362. The minimum atomic E-state index is -3.80. The van der Waals surface area contributed by atoms with Crippen molar-refractivity contribution < 1.29 is 22.8 Å². The Morgan fingerprint density at radius 2 is 1.72 bits per heavy atom. The summed E-state index contributed by atoms with van der Waals surface area (Å²) in [6.45, 7) is 0.851. The van der Waals surface area contributed by atoms with Crippen molar-refractivity contribution in [2.45, 2.75) is 23.8 Å². The van der Waals surface area contributed by atoms with Gasteiger partial charge in [0.15, 0.2) is 0 Å². The van der Waals surface area contributed by atoms with Crippen LogP contribution >= 0.6 is 0 Å². The molecule has 0 saturated carbocycles. The summed E-state index contributed by atoms with van der Waals surface area (Å²) in [6.07, 6.45) is 1.03. The number of imide groups is 1. The molecule has 0 spiro atoms. The third kappa shape index (κ3) is 3.49. The third-order valence-corrected chi connectivity index (χ3v) is 5.35. The first kappa shape index (κ1) is 17.4. The van der Waals surface area contributed by atoms with Crippen molar-refractivity contribution in [1.82, 2.24) is 15.1 Å². The Labute approximate surface area is 144 Å². The number of likely N-dealkylation sites (tertiary alicyclic amines) is 1. The standard InChI is InChI=1S/C15H18N4O5S/c16-25(23,24)12-3-1-10(2-4-12)14(21)18-7-5-11(6-8-18)19-13(20)9-17-15(19)22/h1-4,11H,5-9H2,(H,17,22)(H2,16,23,24). The number of hydrogen-bond acceptors (Lipinski definition) is 5. The molecule has 3 rings (SSSR count). The largest absolute Gasteiger partial charge is 0.338 e. The quantitative estimate of drug-likeness (QED) is 0.696. The highest BCUT2D eigenvalue weighted by Crippen LogP contribution is 2.21. The lowest BCUT2D eigenvalue weighted by atomic mass is 10.0. The molecule has 1 aromatic carbocycles. The van der Waals surface area contributed by atoms with E-state index in [1.165, 1.54) is 29.2 Å². The van der Waals surface area contributed by atoms with E-state index in [0.717, 1.165) is 0 Å². The van der Waals surface area contributed by atoms with Crippen LogP contribution in [0.5, 0.6) is 0 Å². The molecule has 0 aliphatic carbocycles. The van der Waals surface area contributed by atoms with Gasteiger partial charge in [0.25, 0.3) is 5.91 Å². The number of benzene rings is 1. The van der Waals surface area contributed by atoms with Crippen molar-refractivity contribution in [3.63, 3.8) is 0 Å². The number of primary sulfonamides is 1. The summed E-state index contributed by atoms with van der Waals surface area (Å²) < 4.78 is 22.5. The fraction of sp³-hybridized carbons (Fsp3) is 0.400. The number of carbonyl (C=O) groups excluding carboxylic acids is 3. The second kappa shape index (κ2) is 6.45. The van der Waals surface area contributed by atoms with Gasteiger partial charge in [0.05, 0.1) is 11.4 Å². The number of amides is 4. The first-order valence-electron chi connectivity index (χ1n) is 7.79. The zero-order chi connectivity index (χ0) is 18.2. The summed E-state index contributed by atoms with van der Waals surface area (Å²) >= 11 is 0. The zero-order valence-corrected chi connectivity index (χ0v) is 14.2. The minimum Gasteiger partial charge on any atom is -0.338 e. The SMILES string of the molecule is NS(=O)(=O)c1ccc(C(=O)N2CCC(N3C(=O)CNC3=O)CC2)cc1. The van der Waals surface area contributed by atoms with E-state index in [4.69, 9.17) is 5.14 Å². The molecule has 2 fully saturated rings. The molecule has 10 heteroatoms. The summed E-state index contributed by atoms with van der Waals surface area (Å²) in [5, 5.41) is 7.53. The molecule has 0 radical (unpaired) electrons. The maximum Gasteiger partial charge on any atom is 0.324 e. The normalized spacial score (nSPS) is 19.2. The number of nitrogens with zero attached hydrogens (tertiary/aromatic N) is 2. The van der Waals surface area contributed by atoms with Crippen molar-refractivity contribution >= 4 is 27.9 Å². The van der Waals surface area contributed by atoms with Gasteiger partial charge in [0, 0.05) is 24.7 Å². The molecule has 3 N–H and O–H groups in total. The van der Waals surface area contributed by atoms with Crippen molar-refractivity contribution in [3.05, 3.63) is 29.8 Å². The molecule has 9 nitrogen and oxygen atoms in total. The highest BCUT2D eigenvalue weighted by Gasteiger charge is 2.37. The summed E-state index contributed by atoms with van der Waals surface area (Å²) in [4.78, 5) is 38.7. The maximum atomic E-state index is 12.5. The summed E-state index contributed by atoms with van der Waals surface area (Å²) in [5.74, 6) is -0.468. The van der Waals surface area contributed by atoms with E-state index in [1.807, 2.05) is 0 Å². The highest BCUT2D eigenvalue weighted by molar-refractivity contribution is 7.89. The van der Waals surface area contributed by atoms with Crippen molar-refractivity contribution in [2.24, 2.45) is 5.14 Å². The lowest BCUT2D eigenvalue weighted by Crippen LogP contribution is -2.49. The fourth-order valence-electron chi connectivity index (χ4n) is 3.10. The third-order valence-electron chi connectivity index (χ3n) is 4.42. The number of carbonyl (C=O) groups is 3. The van der Waals surface area contributed by atoms with Crippen LogP contribution in [-0.2, 0) is 14.8 Å².